The molecule has 0 aliphatic carbocycles. The van der Waals surface area contributed by atoms with Crippen molar-refractivity contribution >= 4 is 22.7 Å². The molecule has 0 bridgehead atoms. The van der Waals surface area contributed by atoms with Crippen LogP contribution in [0.2, 0.25) is 0 Å². The highest BCUT2D eigenvalue weighted by Gasteiger charge is 2.24. The number of piperazine rings is 1. The Kier molecular flexibility index (Phi) is 8.54. The Morgan fingerprint density at radius 3 is 2.19 bits per heavy atom. The molecule has 0 saturated carbocycles. The van der Waals surface area contributed by atoms with Gasteiger partial charge in [0, 0.05) is 74.2 Å². The number of nitrogens with zero attached hydrogens (tertiary/aromatic N) is 4. The van der Waals surface area contributed by atoms with Crippen LogP contribution in [0.15, 0.2) is 4.99 Å². The molecule has 0 spiro atoms. The molecule has 0 radical (unpaired) electrons. The van der Waals surface area contributed by atoms with Crippen molar-refractivity contribution in [2.24, 2.45) is 4.99 Å². The van der Waals surface area contributed by atoms with E-state index in [9.17, 15) is 9.00 Å². The Hall–Kier alpha value is -1.15. The van der Waals surface area contributed by atoms with Crippen molar-refractivity contribution in [3.63, 3.8) is 0 Å². The van der Waals surface area contributed by atoms with Gasteiger partial charge in [0.05, 0.1) is 6.54 Å². The Bertz CT molecular complexity index is 533. The highest BCUT2D eigenvalue weighted by Crippen LogP contribution is 2.11. The lowest BCUT2D eigenvalue weighted by molar-refractivity contribution is -0.133. The van der Waals surface area contributed by atoms with E-state index in [1.807, 2.05) is 25.7 Å². The first-order valence-electron chi connectivity index (χ1n) is 10.2. The minimum atomic E-state index is -0.862. The number of amides is 1. The molecule has 7 nitrogen and oxygen atoms in total. The van der Waals surface area contributed by atoms with Crippen LogP contribution < -0.4 is 5.32 Å². The molecule has 1 N–H and O–H groups in total. The number of carbonyl (C=O) groups excluding carboxylic acids is 1. The number of guanidine groups is 1. The number of hydrogen-bond acceptors (Lipinski definition) is 4. The molecule has 0 aromatic rings. The third kappa shape index (κ3) is 7.07. The summed E-state index contributed by atoms with van der Waals surface area (Å²) >= 11 is 0. The van der Waals surface area contributed by atoms with Gasteiger partial charge in [-0.1, -0.05) is 0 Å². The lowest BCUT2D eigenvalue weighted by atomic mass is 10.1. The number of piperidine rings is 1. The zero-order valence-electron chi connectivity index (χ0n) is 17.5. The second-order valence-electron chi connectivity index (χ2n) is 8.34. The van der Waals surface area contributed by atoms with Gasteiger partial charge in [0.1, 0.15) is 0 Å². The van der Waals surface area contributed by atoms with Gasteiger partial charge in [0.2, 0.25) is 5.91 Å². The van der Waals surface area contributed by atoms with E-state index < -0.39 is 10.8 Å². The maximum atomic E-state index is 12.4. The summed E-state index contributed by atoms with van der Waals surface area (Å²) in [6.45, 7) is 12.5. The first kappa shape index (κ1) is 22.1. The standard InChI is InChI=1S/C19H37N5O2S/c1-19(2,3)27(26)15-8-21-18(20-4)24-13-11-22(12-14-24)16-17(25)23-9-6-5-7-10-23/h5-16H2,1-4H3,(H,20,21). The average molecular weight is 400 g/mol. The van der Waals surface area contributed by atoms with Gasteiger partial charge in [-0.15, -0.1) is 0 Å². The van der Waals surface area contributed by atoms with Gasteiger partial charge >= 0.3 is 0 Å². The van der Waals surface area contributed by atoms with Gasteiger partial charge in [0.25, 0.3) is 0 Å². The van der Waals surface area contributed by atoms with Crippen molar-refractivity contribution in [1.29, 1.82) is 0 Å². The molecule has 2 saturated heterocycles. The summed E-state index contributed by atoms with van der Waals surface area (Å²) in [5, 5.41) is 3.34. The summed E-state index contributed by atoms with van der Waals surface area (Å²) in [7, 11) is 0.925. The van der Waals surface area contributed by atoms with Crippen LogP contribution >= 0.6 is 0 Å². The maximum Gasteiger partial charge on any atom is 0.236 e. The van der Waals surface area contributed by atoms with Crippen LogP contribution in [-0.4, -0.2) is 101 Å². The normalized spacial score (nSPS) is 21.3. The van der Waals surface area contributed by atoms with Crippen molar-refractivity contribution in [3.05, 3.63) is 0 Å². The van der Waals surface area contributed by atoms with Crippen molar-refractivity contribution in [2.75, 3.05) is 65.2 Å². The van der Waals surface area contributed by atoms with E-state index in [4.69, 9.17) is 0 Å². The molecule has 2 rings (SSSR count). The van der Waals surface area contributed by atoms with Crippen LogP contribution in [0.1, 0.15) is 40.0 Å². The van der Waals surface area contributed by atoms with E-state index >= 15 is 0 Å². The first-order valence-corrected chi connectivity index (χ1v) is 11.5. The van der Waals surface area contributed by atoms with E-state index in [1.165, 1.54) is 6.42 Å². The van der Waals surface area contributed by atoms with Crippen molar-refractivity contribution in [2.45, 2.75) is 44.8 Å². The molecule has 1 atom stereocenters. The van der Waals surface area contributed by atoms with E-state index in [-0.39, 0.29) is 10.7 Å². The molecule has 1 unspecified atom stereocenters. The molecule has 2 fully saturated rings. The fourth-order valence-corrected chi connectivity index (χ4v) is 4.35. The largest absolute Gasteiger partial charge is 0.355 e. The summed E-state index contributed by atoms with van der Waals surface area (Å²) in [6, 6.07) is 0. The minimum Gasteiger partial charge on any atom is -0.355 e. The molecule has 1 amide bonds. The Labute approximate surface area is 167 Å². The molecule has 156 valence electrons. The Balaban J connectivity index is 1.71. The number of likely N-dealkylation sites (tertiary alicyclic amines) is 1. The monoisotopic (exact) mass is 399 g/mol. The number of hydrogen-bond donors (Lipinski definition) is 1. The van der Waals surface area contributed by atoms with Gasteiger partial charge in [0.15, 0.2) is 5.96 Å². The molecule has 0 aromatic heterocycles. The third-order valence-corrected chi connectivity index (χ3v) is 7.15. The third-order valence-electron chi connectivity index (χ3n) is 5.20. The topological polar surface area (TPSA) is 68.2 Å². The van der Waals surface area contributed by atoms with Crippen molar-refractivity contribution in [1.82, 2.24) is 20.0 Å². The second-order valence-corrected chi connectivity index (χ2v) is 10.7. The molecule has 2 aliphatic heterocycles. The van der Waals surface area contributed by atoms with Crippen LogP contribution in [0.4, 0.5) is 0 Å². The van der Waals surface area contributed by atoms with E-state index in [0.717, 1.165) is 58.1 Å². The fourth-order valence-electron chi connectivity index (χ4n) is 3.45. The van der Waals surface area contributed by atoms with Gasteiger partial charge in [-0.25, -0.2) is 0 Å². The fraction of sp³-hybridized carbons (Fsp3) is 0.895. The summed E-state index contributed by atoms with van der Waals surface area (Å²) in [5.41, 5.74) is 0. The highest BCUT2D eigenvalue weighted by atomic mass is 32.2. The Morgan fingerprint density at radius 1 is 1.00 bits per heavy atom. The molecule has 0 aromatic carbocycles. The first-order chi connectivity index (χ1) is 12.8. The molecular formula is C19H37N5O2S. The quantitative estimate of drug-likeness (QED) is 0.546. The molecule has 2 heterocycles. The zero-order chi connectivity index (χ0) is 19.9. The van der Waals surface area contributed by atoms with Crippen LogP contribution in [0.25, 0.3) is 0 Å². The minimum absolute atomic E-state index is 0.183. The van der Waals surface area contributed by atoms with Gasteiger partial charge in [-0.3, -0.25) is 18.9 Å². The van der Waals surface area contributed by atoms with Gasteiger partial charge in [-0.05, 0) is 40.0 Å². The van der Waals surface area contributed by atoms with E-state index in [1.54, 1.807) is 7.05 Å². The summed E-state index contributed by atoms with van der Waals surface area (Å²) in [6.07, 6.45) is 3.53. The van der Waals surface area contributed by atoms with Crippen molar-refractivity contribution < 1.29 is 9.00 Å². The highest BCUT2D eigenvalue weighted by molar-refractivity contribution is 7.86. The smallest absolute Gasteiger partial charge is 0.236 e. The molecule has 8 heteroatoms. The van der Waals surface area contributed by atoms with E-state index in [0.29, 0.717) is 18.8 Å². The van der Waals surface area contributed by atoms with E-state index in [2.05, 4.69) is 20.1 Å². The number of nitrogens with one attached hydrogen (secondary N) is 1. The van der Waals surface area contributed by atoms with Crippen LogP contribution in [0, 0.1) is 0 Å². The number of aliphatic imine (C=N–C) groups is 1. The lowest BCUT2D eigenvalue weighted by Crippen LogP contribution is -2.54. The molecular weight excluding hydrogens is 362 g/mol. The van der Waals surface area contributed by atoms with Crippen LogP contribution in [0.3, 0.4) is 0 Å². The number of rotatable bonds is 5. The molecule has 2 aliphatic rings. The summed E-state index contributed by atoms with van der Waals surface area (Å²) < 4.78 is 12.0. The summed E-state index contributed by atoms with van der Waals surface area (Å²) in [5.74, 6) is 1.76. The average Bonchev–Trinajstić information content (AvgIpc) is 2.66. The number of carbonyl (C=O) groups is 1. The maximum absolute atomic E-state index is 12.4. The Morgan fingerprint density at radius 2 is 1.63 bits per heavy atom. The van der Waals surface area contributed by atoms with Crippen LogP contribution in [-0.2, 0) is 15.6 Å². The summed E-state index contributed by atoms with van der Waals surface area (Å²) in [4.78, 5) is 23.3. The zero-order valence-corrected chi connectivity index (χ0v) is 18.3. The molecule has 27 heavy (non-hydrogen) atoms. The predicted molar refractivity (Wildman–Crippen MR) is 113 cm³/mol. The van der Waals surface area contributed by atoms with Gasteiger partial charge in [-0.2, -0.15) is 0 Å². The van der Waals surface area contributed by atoms with Gasteiger partial charge < -0.3 is 15.1 Å². The predicted octanol–water partition coefficient (Wildman–Crippen LogP) is 0.739. The van der Waals surface area contributed by atoms with Crippen molar-refractivity contribution in [3.8, 4) is 0 Å². The van der Waals surface area contributed by atoms with Crippen LogP contribution in [0.5, 0.6) is 0 Å². The lowest BCUT2D eigenvalue weighted by Gasteiger charge is -2.37. The second kappa shape index (κ2) is 10.4. The SMILES string of the molecule is CN=C(NCCS(=O)C(C)(C)C)N1CCN(CC(=O)N2CCCCC2)CC1.